The molecule has 0 unspecified atom stereocenters. The van der Waals surface area contributed by atoms with E-state index in [1.165, 1.54) is 0 Å². The zero-order valence-corrected chi connectivity index (χ0v) is 16.6. The van der Waals surface area contributed by atoms with Crippen LogP contribution in [0.5, 0.6) is 5.88 Å². The minimum Gasteiger partial charge on any atom is -0.468 e. The van der Waals surface area contributed by atoms with Crippen molar-refractivity contribution in [1.82, 2.24) is 20.3 Å². The Morgan fingerprint density at radius 2 is 1.87 bits per heavy atom. The standard InChI is InChI=1S/C22H24N6O2/c29-21(16-7-9-23-10-8-16)27-20-22(25-12-11-24-20)30-17-13-28(14-17)19-6-5-15-3-1-2-4-18(15)26-19/h1-6,11-12,16-17,23H,7-10,13-14H2,(H,24,27,29). The van der Waals surface area contributed by atoms with Crippen LogP contribution in [-0.4, -0.2) is 53.1 Å². The number of benzene rings is 1. The molecule has 2 aliphatic rings. The highest BCUT2D eigenvalue weighted by Gasteiger charge is 2.31. The molecule has 4 heterocycles. The SMILES string of the molecule is O=C(Nc1nccnc1OC1CN(c2ccc3ccccc3n2)C1)C1CCNCC1. The number of nitrogens with zero attached hydrogens (tertiary/aromatic N) is 4. The Morgan fingerprint density at radius 3 is 2.73 bits per heavy atom. The smallest absolute Gasteiger partial charge is 0.258 e. The molecule has 1 aromatic carbocycles. The third kappa shape index (κ3) is 3.91. The van der Waals surface area contributed by atoms with E-state index in [9.17, 15) is 4.79 Å². The zero-order valence-electron chi connectivity index (χ0n) is 16.6. The summed E-state index contributed by atoms with van der Waals surface area (Å²) in [5.41, 5.74) is 0.983. The van der Waals surface area contributed by atoms with Gasteiger partial charge in [-0.3, -0.25) is 4.79 Å². The summed E-state index contributed by atoms with van der Waals surface area (Å²) in [6, 6.07) is 12.2. The van der Waals surface area contributed by atoms with E-state index in [0.717, 1.165) is 42.7 Å². The molecule has 154 valence electrons. The maximum Gasteiger partial charge on any atom is 0.258 e. The predicted octanol–water partition coefficient (Wildman–Crippen LogP) is 2.23. The Hall–Kier alpha value is -3.26. The maximum absolute atomic E-state index is 12.6. The number of fused-ring (bicyclic) bond motifs is 1. The lowest BCUT2D eigenvalue weighted by atomic mass is 9.97. The van der Waals surface area contributed by atoms with E-state index >= 15 is 0 Å². The second-order valence-corrected chi connectivity index (χ2v) is 7.73. The molecule has 5 rings (SSSR count). The molecule has 2 saturated heterocycles. The van der Waals surface area contributed by atoms with Gasteiger partial charge in [0.1, 0.15) is 11.9 Å². The van der Waals surface area contributed by atoms with Crippen LogP contribution in [0.1, 0.15) is 12.8 Å². The zero-order chi connectivity index (χ0) is 20.3. The summed E-state index contributed by atoms with van der Waals surface area (Å²) in [5.74, 6) is 1.68. The van der Waals surface area contributed by atoms with Crippen molar-refractivity contribution in [2.75, 3.05) is 36.4 Å². The van der Waals surface area contributed by atoms with Gasteiger partial charge in [0, 0.05) is 23.7 Å². The topological polar surface area (TPSA) is 92.3 Å². The molecule has 30 heavy (non-hydrogen) atoms. The maximum atomic E-state index is 12.6. The van der Waals surface area contributed by atoms with Crippen LogP contribution in [0.2, 0.25) is 0 Å². The van der Waals surface area contributed by atoms with Gasteiger partial charge >= 0.3 is 0 Å². The van der Waals surface area contributed by atoms with E-state index in [-0.39, 0.29) is 17.9 Å². The Morgan fingerprint density at radius 1 is 1.07 bits per heavy atom. The summed E-state index contributed by atoms with van der Waals surface area (Å²) in [6.07, 6.45) is 4.79. The van der Waals surface area contributed by atoms with Gasteiger partial charge in [0.2, 0.25) is 5.91 Å². The number of carbonyl (C=O) groups is 1. The summed E-state index contributed by atoms with van der Waals surface area (Å²) in [5, 5.41) is 7.30. The van der Waals surface area contributed by atoms with Crippen molar-refractivity contribution >= 4 is 28.4 Å². The van der Waals surface area contributed by atoms with Crippen LogP contribution in [0.3, 0.4) is 0 Å². The fraction of sp³-hybridized carbons (Fsp3) is 0.364. The molecule has 8 heteroatoms. The Bertz CT molecular complexity index is 1050. The highest BCUT2D eigenvalue weighted by molar-refractivity contribution is 5.92. The van der Waals surface area contributed by atoms with Crippen LogP contribution < -0.4 is 20.3 Å². The third-order valence-corrected chi connectivity index (χ3v) is 5.65. The van der Waals surface area contributed by atoms with Crippen LogP contribution >= 0.6 is 0 Å². The summed E-state index contributed by atoms with van der Waals surface area (Å²) in [4.78, 5) is 28.0. The van der Waals surface area contributed by atoms with Crippen LogP contribution in [0.15, 0.2) is 48.8 Å². The first-order valence-corrected chi connectivity index (χ1v) is 10.4. The second-order valence-electron chi connectivity index (χ2n) is 7.73. The van der Waals surface area contributed by atoms with Gasteiger partial charge in [0.05, 0.1) is 18.6 Å². The third-order valence-electron chi connectivity index (χ3n) is 5.65. The fourth-order valence-corrected chi connectivity index (χ4v) is 3.89. The van der Waals surface area contributed by atoms with E-state index in [0.29, 0.717) is 24.8 Å². The minimum atomic E-state index is -0.0236. The first-order valence-electron chi connectivity index (χ1n) is 10.4. The molecule has 2 aromatic heterocycles. The number of hydrogen-bond acceptors (Lipinski definition) is 7. The molecule has 0 bridgehead atoms. The molecule has 0 atom stereocenters. The Labute approximate surface area is 174 Å². The highest BCUT2D eigenvalue weighted by Crippen LogP contribution is 2.27. The number of para-hydroxylation sites is 1. The second kappa shape index (κ2) is 8.23. The van der Waals surface area contributed by atoms with E-state index in [2.05, 4.69) is 37.6 Å². The number of carbonyl (C=O) groups excluding carboxylic acids is 1. The normalized spacial score (nSPS) is 17.5. The molecule has 0 radical (unpaired) electrons. The highest BCUT2D eigenvalue weighted by atomic mass is 16.5. The van der Waals surface area contributed by atoms with Gasteiger partial charge in [-0.2, -0.15) is 0 Å². The molecular formula is C22H24N6O2. The molecule has 8 nitrogen and oxygen atoms in total. The van der Waals surface area contributed by atoms with Gasteiger partial charge in [-0.15, -0.1) is 0 Å². The lowest BCUT2D eigenvalue weighted by Crippen LogP contribution is -2.54. The van der Waals surface area contributed by atoms with Gasteiger partial charge in [0.15, 0.2) is 5.82 Å². The number of hydrogen-bond donors (Lipinski definition) is 2. The summed E-state index contributed by atoms with van der Waals surface area (Å²) in [7, 11) is 0. The Balaban J connectivity index is 1.21. The number of pyridine rings is 1. The Kier molecular flexibility index (Phi) is 5.15. The van der Waals surface area contributed by atoms with Crippen molar-refractivity contribution in [3.05, 3.63) is 48.8 Å². The van der Waals surface area contributed by atoms with Crippen LogP contribution in [0.4, 0.5) is 11.6 Å². The largest absolute Gasteiger partial charge is 0.468 e. The van der Waals surface area contributed by atoms with Crippen molar-refractivity contribution in [2.45, 2.75) is 18.9 Å². The molecule has 2 N–H and O–H groups in total. The van der Waals surface area contributed by atoms with E-state index in [1.807, 2.05) is 24.3 Å². The first kappa shape index (κ1) is 18.7. The fourth-order valence-electron chi connectivity index (χ4n) is 3.89. The molecule has 2 fully saturated rings. The number of aromatic nitrogens is 3. The average Bonchev–Trinajstić information content (AvgIpc) is 2.77. The minimum absolute atomic E-state index is 0.000668. The molecular weight excluding hydrogens is 380 g/mol. The van der Waals surface area contributed by atoms with Crippen molar-refractivity contribution < 1.29 is 9.53 Å². The van der Waals surface area contributed by atoms with Crippen molar-refractivity contribution in [3.8, 4) is 5.88 Å². The lowest BCUT2D eigenvalue weighted by Gasteiger charge is -2.39. The summed E-state index contributed by atoms with van der Waals surface area (Å²) in [6.45, 7) is 3.15. The number of amides is 1. The van der Waals surface area contributed by atoms with Gasteiger partial charge in [-0.1, -0.05) is 18.2 Å². The monoisotopic (exact) mass is 404 g/mol. The van der Waals surface area contributed by atoms with Gasteiger partial charge in [-0.25, -0.2) is 15.0 Å². The average molecular weight is 404 g/mol. The van der Waals surface area contributed by atoms with Crippen molar-refractivity contribution in [3.63, 3.8) is 0 Å². The predicted molar refractivity (Wildman–Crippen MR) is 115 cm³/mol. The quantitative estimate of drug-likeness (QED) is 0.674. The number of nitrogens with one attached hydrogen (secondary N) is 2. The summed E-state index contributed by atoms with van der Waals surface area (Å²) < 4.78 is 6.04. The van der Waals surface area contributed by atoms with Gasteiger partial charge in [0.25, 0.3) is 5.88 Å². The number of rotatable bonds is 5. The molecule has 1 amide bonds. The van der Waals surface area contributed by atoms with Gasteiger partial charge < -0.3 is 20.3 Å². The number of anilines is 2. The van der Waals surface area contributed by atoms with E-state index < -0.39 is 0 Å². The number of piperidine rings is 1. The van der Waals surface area contributed by atoms with Crippen LogP contribution in [0, 0.1) is 5.92 Å². The molecule has 0 aliphatic carbocycles. The summed E-state index contributed by atoms with van der Waals surface area (Å²) >= 11 is 0. The first-order chi connectivity index (χ1) is 14.8. The van der Waals surface area contributed by atoms with Crippen LogP contribution in [0.25, 0.3) is 10.9 Å². The number of ether oxygens (including phenoxy) is 1. The molecule has 0 spiro atoms. The van der Waals surface area contributed by atoms with E-state index in [4.69, 9.17) is 9.72 Å². The molecule has 0 saturated carbocycles. The molecule has 3 aromatic rings. The van der Waals surface area contributed by atoms with E-state index in [1.54, 1.807) is 12.4 Å². The van der Waals surface area contributed by atoms with Crippen LogP contribution in [-0.2, 0) is 4.79 Å². The molecule has 2 aliphatic heterocycles. The van der Waals surface area contributed by atoms with Crippen molar-refractivity contribution in [1.29, 1.82) is 0 Å². The van der Waals surface area contributed by atoms with Gasteiger partial charge in [-0.05, 0) is 44.1 Å². The lowest BCUT2D eigenvalue weighted by molar-refractivity contribution is -0.120. The van der Waals surface area contributed by atoms with Crippen molar-refractivity contribution in [2.24, 2.45) is 5.92 Å².